The van der Waals surface area contributed by atoms with Crippen LogP contribution in [0.1, 0.15) is 18.4 Å². The standard InChI is InChI=1S/C20H20FN3O4/c21-15-5-9-17(10-6-15)28-13-19(26)23-22-18(25)12-14-3-7-16(8-4-14)24-11-1-2-20(24)27/h3-10H,1-2,11-13H2,(H,22,25)(H,23,26). The lowest BCUT2D eigenvalue weighted by Crippen LogP contribution is -2.44. The highest BCUT2D eigenvalue weighted by Gasteiger charge is 2.21. The number of nitrogens with one attached hydrogen (secondary N) is 2. The van der Waals surface area contributed by atoms with Gasteiger partial charge in [-0.25, -0.2) is 4.39 Å². The molecule has 3 amide bonds. The molecule has 146 valence electrons. The lowest BCUT2D eigenvalue weighted by atomic mass is 10.1. The van der Waals surface area contributed by atoms with Crippen molar-refractivity contribution < 1.29 is 23.5 Å². The molecule has 0 unspecified atom stereocenters. The van der Waals surface area contributed by atoms with Gasteiger partial charge >= 0.3 is 0 Å². The molecular formula is C20H20FN3O4. The molecule has 0 radical (unpaired) electrons. The number of carbonyl (C=O) groups is 3. The summed E-state index contributed by atoms with van der Waals surface area (Å²) in [5, 5.41) is 0. The number of rotatable bonds is 6. The Balaban J connectivity index is 1.40. The van der Waals surface area contributed by atoms with Crippen LogP contribution in [-0.4, -0.2) is 30.9 Å². The molecule has 0 spiro atoms. The molecule has 0 saturated carbocycles. The molecule has 7 nitrogen and oxygen atoms in total. The molecule has 28 heavy (non-hydrogen) atoms. The summed E-state index contributed by atoms with van der Waals surface area (Å²) in [7, 11) is 0. The summed E-state index contributed by atoms with van der Waals surface area (Å²) in [6.07, 6.45) is 1.50. The molecule has 2 N–H and O–H groups in total. The maximum atomic E-state index is 12.8. The Kier molecular flexibility index (Phi) is 6.21. The van der Waals surface area contributed by atoms with E-state index < -0.39 is 11.7 Å². The van der Waals surface area contributed by atoms with Gasteiger partial charge < -0.3 is 9.64 Å². The molecule has 0 aliphatic carbocycles. The van der Waals surface area contributed by atoms with Crippen molar-refractivity contribution in [1.29, 1.82) is 0 Å². The maximum absolute atomic E-state index is 12.8. The van der Waals surface area contributed by atoms with Gasteiger partial charge in [0.25, 0.3) is 5.91 Å². The molecule has 1 aliphatic heterocycles. The number of ether oxygens (including phenoxy) is 1. The minimum atomic E-state index is -0.541. The van der Waals surface area contributed by atoms with Crippen LogP contribution in [0.15, 0.2) is 48.5 Å². The quantitative estimate of drug-likeness (QED) is 0.742. The number of carbonyl (C=O) groups excluding carboxylic acids is 3. The topological polar surface area (TPSA) is 87.7 Å². The van der Waals surface area contributed by atoms with Crippen LogP contribution in [0, 0.1) is 5.82 Å². The number of anilines is 1. The Morgan fingerprint density at radius 1 is 1.00 bits per heavy atom. The van der Waals surface area contributed by atoms with Gasteiger partial charge in [0.1, 0.15) is 11.6 Å². The zero-order chi connectivity index (χ0) is 19.9. The van der Waals surface area contributed by atoms with Crippen LogP contribution in [-0.2, 0) is 20.8 Å². The van der Waals surface area contributed by atoms with Crippen molar-refractivity contribution in [2.45, 2.75) is 19.3 Å². The van der Waals surface area contributed by atoms with E-state index in [4.69, 9.17) is 4.74 Å². The van der Waals surface area contributed by atoms with Crippen molar-refractivity contribution in [1.82, 2.24) is 10.9 Å². The van der Waals surface area contributed by atoms with Gasteiger partial charge in [0, 0.05) is 18.7 Å². The van der Waals surface area contributed by atoms with Crippen molar-refractivity contribution >= 4 is 23.4 Å². The number of benzene rings is 2. The lowest BCUT2D eigenvalue weighted by Gasteiger charge is -2.16. The monoisotopic (exact) mass is 385 g/mol. The van der Waals surface area contributed by atoms with E-state index in [1.54, 1.807) is 29.2 Å². The molecule has 1 heterocycles. The zero-order valence-electron chi connectivity index (χ0n) is 15.1. The van der Waals surface area contributed by atoms with Crippen molar-refractivity contribution in [3.05, 3.63) is 59.9 Å². The highest BCUT2D eigenvalue weighted by Crippen LogP contribution is 2.21. The molecule has 2 aromatic rings. The second kappa shape index (κ2) is 8.98. The highest BCUT2D eigenvalue weighted by molar-refractivity contribution is 5.95. The Morgan fingerprint density at radius 2 is 1.68 bits per heavy atom. The summed E-state index contributed by atoms with van der Waals surface area (Å²) in [4.78, 5) is 37.1. The highest BCUT2D eigenvalue weighted by atomic mass is 19.1. The van der Waals surface area contributed by atoms with Crippen LogP contribution in [0.5, 0.6) is 5.75 Å². The lowest BCUT2D eigenvalue weighted by molar-refractivity contribution is -0.129. The van der Waals surface area contributed by atoms with E-state index in [0.29, 0.717) is 18.7 Å². The van der Waals surface area contributed by atoms with Crippen molar-refractivity contribution in [3.63, 3.8) is 0 Å². The first kappa shape index (κ1) is 19.3. The molecular weight excluding hydrogens is 365 g/mol. The number of amides is 3. The van der Waals surface area contributed by atoms with E-state index in [2.05, 4.69) is 10.9 Å². The summed E-state index contributed by atoms with van der Waals surface area (Å²) in [5.41, 5.74) is 6.14. The van der Waals surface area contributed by atoms with E-state index in [9.17, 15) is 18.8 Å². The SMILES string of the molecule is O=C(COc1ccc(F)cc1)NNC(=O)Cc1ccc(N2CCCC2=O)cc1. The third-order valence-corrected chi connectivity index (χ3v) is 4.21. The zero-order valence-corrected chi connectivity index (χ0v) is 15.1. The largest absolute Gasteiger partial charge is 0.484 e. The van der Waals surface area contributed by atoms with Crippen LogP contribution in [0.2, 0.25) is 0 Å². The number of halogens is 1. The molecule has 0 bridgehead atoms. The molecule has 1 fully saturated rings. The van der Waals surface area contributed by atoms with Crippen molar-refractivity contribution in [3.8, 4) is 5.75 Å². The first-order valence-corrected chi connectivity index (χ1v) is 8.86. The van der Waals surface area contributed by atoms with Gasteiger partial charge in [-0.2, -0.15) is 0 Å². The Morgan fingerprint density at radius 3 is 2.32 bits per heavy atom. The van der Waals surface area contributed by atoms with Crippen LogP contribution in [0.25, 0.3) is 0 Å². The molecule has 0 aromatic heterocycles. The molecule has 8 heteroatoms. The van der Waals surface area contributed by atoms with E-state index >= 15 is 0 Å². The minimum absolute atomic E-state index is 0.0767. The smallest absolute Gasteiger partial charge is 0.276 e. The predicted molar refractivity (Wildman–Crippen MR) is 99.9 cm³/mol. The van der Waals surface area contributed by atoms with Gasteiger partial charge in [0.05, 0.1) is 6.42 Å². The number of hydrogen-bond acceptors (Lipinski definition) is 4. The van der Waals surface area contributed by atoms with E-state index in [1.807, 2.05) is 0 Å². The predicted octanol–water partition coefficient (Wildman–Crippen LogP) is 1.72. The first-order chi connectivity index (χ1) is 13.5. The average molecular weight is 385 g/mol. The van der Waals surface area contributed by atoms with Crippen LogP contribution in [0.3, 0.4) is 0 Å². The van der Waals surface area contributed by atoms with Gasteiger partial charge in [0.15, 0.2) is 6.61 Å². The fourth-order valence-electron chi connectivity index (χ4n) is 2.80. The fraction of sp³-hybridized carbons (Fsp3) is 0.250. The molecule has 3 rings (SSSR count). The molecule has 1 saturated heterocycles. The summed E-state index contributed by atoms with van der Waals surface area (Å²) in [6.45, 7) is 0.398. The summed E-state index contributed by atoms with van der Waals surface area (Å²) in [6, 6.07) is 12.4. The number of nitrogens with zero attached hydrogens (tertiary/aromatic N) is 1. The minimum Gasteiger partial charge on any atom is -0.484 e. The molecule has 2 aromatic carbocycles. The Labute approximate surface area is 161 Å². The van der Waals surface area contributed by atoms with Gasteiger partial charge in [0.2, 0.25) is 11.8 Å². The second-order valence-electron chi connectivity index (χ2n) is 6.33. The average Bonchev–Trinajstić information content (AvgIpc) is 3.12. The van der Waals surface area contributed by atoms with E-state index in [-0.39, 0.29) is 24.8 Å². The van der Waals surface area contributed by atoms with Gasteiger partial charge in [-0.05, 0) is 48.4 Å². The van der Waals surface area contributed by atoms with Crippen LogP contribution in [0.4, 0.5) is 10.1 Å². The Hall–Kier alpha value is -3.42. The third kappa shape index (κ3) is 5.29. The van der Waals surface area contributed by atoms with Crippen molar-refractivity contribution in [2.24, 2.45) is 0 Å². The second-order valence-corrected chi connectivity index (χ2v) is 6.33. The van der Waals surface area contributed by atoms with Gasteiger partial charge in [-0.3, -0.25) is 25.2 Å². The maximum Gasteiger partial charge on any atom is 0.276 e. The normalized spacial score (nSPS) is 13.3. The number of hydrogen-bond donors (Lipinski definition) is 2. The van der Waals surface area contributed by atoms with E-state index in [1.165, 1.54) is 24.3 Å². The Bertz CT molecular complexity index is 853. The summed E-state index contributed by atoms with van der Waals surface area (Å²) in [5.74, 6) is -0.875. The van der Waals surface area contributed by atoms with Crippen molar-refractivity contribution in [2.75, 3.05) is 18.1 Å². The van der Waals surface area contributed by atoms with Crippen LogP contribution < -0.4 is 20.5 Å². The van der Waals surface area contributed by atoms with E-state index in [0.717, 1.165) is 17.7 Å². The number of hydrazine groups is 1. The third-order valence-electron chi connectivity index (χ3n) is 4.21. The fourth-order valence-corrected chi connectivity index (χ4v) is 2.80. The summed E-state index contributed by atoms with van der Waals surface area (Å²) < 4.78 is 18.0. The van der Waals surface area contributed by atoms with Gasteiger partial charge in [-0.1, -0.05) is 12.1 Å². The first-order valence-electron chi connectivity index (χ1n) is 8.86. The molecule has 0 atom stereocenters. The van der Waals surface area contributed by atoms with Gasteiger partial charge in [-0.15, -0.1) is 0 Å². The molecule has 1 aliphatic rings. The van der Waals surface area contributed by atoms with Crippen LogP contribution >= 0.6 is 0 Å². The summed E-state index contributed by atoms with van der Waals surface area (Å²) >= 11 is 0.